The fraction of sp³-hybridized carbons (Fsp3) is 0.280. The van der Waals surface area contributed by atoms with E-state index in [1.54, 1.807) is 49.7 Å². The Morgan fingerprint density at radius 3 is 2.54 bits per heavy atom. The van der Waals surface area contributed by atoms with E-state index in [1.807, 2.05) is 12.1 Å². The second kappa shape index (κ2) is 11.0. The molecule has 2 amide bonds. The van der Waals surface area contributed by atoms with E-state index in [0.717, 1.165) is 11.1 Å². The highest BCUT2D eigenvalue weighted by atomic mass is 35.5. The lowest BCUT2D eigenvalue weighted by molar-refractivity contribution is -0.151. The average Bonchev–Trinajstić information content (AvgIpc) is 2.87. The zero-order valence-electron chi connectivity index (χ0n) is 19.2. The molecule has 2 aliphatic rings. The first kappa shape index (κ1) is 24.8. The van der Waals surface area contributed by atoms with Crippen molar-refractivity contribution in [1.82, 2.24) is 4.90 Å². The van der Waals surface area contributed by atoms with Crippen molar-refractivity contribution in [2.24, 2.45) is 4.99 Å². The molecular formula is C25H24ClN3O5S. The van der Waals surface area contributed by atoms with Crippen LogP contribution in [-0.2, 0) is 25.7 Å². The van der Waals surface area contributed by atoms with Gasteiger partial charge in [-0.2, -0.15) is 0 Å². The lowest BCUT2D eigenvalue weighted by Crippen LogP contribution is -2.64. The minimum absolute atomic E-state index is 0.0673. The van der Waals surface area contributed by atoms with Crippen LogP contribution in [-0.4, -0.2) is 59.1 Å². The first-order chi connectivity index (χ1) is 16.9. The van der Waals surface area contributed by atoms with Crippen molar-refractivity contribution in [3.63, 3.8) is 0 Å². The molecule has 2 aromatic rings. The second-order valence-electron chi connectivity index (χ2n) is 7.95. The molecule has 8 nitrogen and oxygen atoms in total. The molecule has 182 valence electrons. The lowest BCUT2D eigenvalue weighted by atomic mass is 10.0. The van der Waals surface area contributed by atoms with E-state index in [9.17, 15) is 14.4 Å². The maximum atomic E-state index is 13.0. The highest BCUT2D eigenvalue weighted by Gasteiger charge is 2.53. The summed E-state index contributed by atoms with van der Waals surface area (Å²) in [6.07, 6.45) is 1.63. The Morgan fingerprint density at radius 1 is 1.20 bits per heavy atom. The van der Waals surface area contributed by atoms with E-state index in [2.05, 4.69) is 10.3 Å². The number of carbonyl (C=O) groups is 3. The number of fused-ring (bicyclic) bond motifs is 1. The monoisotopic (exact) mass is 513 g/mol. The summed E-state index contributed by atoms with van der Waals surface area (Å²) in [4.78, 5) is 43.0. The van der Waals surface area contributed by atoms with Gasteiger partial charge in [0.05, 0.1) is 7.11 Å². The predicted molar refractivity (Wildman–Crippen MR) is 136 cm³/mol. The minimum Gasteiger partial charge on any atom is -0.497 e. The van der Waals surface area contributed by atoms with Crippen LogP contribution < -0.4 is 10.1 Å². The van der Waals surface area contributed by atoms with Crippen LogP contribution >= 0.6 is 23.4 Å². The van der Waals surface area contributed by atoms with Crippen LogP contribution in [0.1, 0.15) is 18.1 Å². The number of hydrogen-bond acceptors (Lipinski definition) is 7. The number of esters is 1. The van der Waals surface area contributed by atoms with Gasteiger partial charge in [-0.3, -0.25) is 19.5 Å². The standard InChI is InChI=1S/C25H24ClN3O5S/c1-15(30)28-19-7-3-16(4-8-19)12-27-21-23(31)29-22(18(11-26)14-35-24(21)29)25(32)34-13-17-5-9-20(33-2)10-6-17/h3-10,12,21,24H,11,13-14H2,1-2H3,(H,28,30)/t21?,24-/m1/s1. The zero-order chi connectivity index (χ0) is 24.9. The molecule has 0 spiro atoms. The van der Waals surface area contributed by atoms with Crippen molar-refractivity contribution in [3.05, 3.63) is 70.9 Å². The molecule has 0 aromatic heterocycles. The van der Waals surface area contributed by atoms with Crippen LogP contribution in [0.25, 0.3) is 0 Å². The van der Waals surface area contributed by atoms with Crippen molar-refractivity contribution in [2.45, 2.75) is 24.9 Å². The number of rotatable bonds is 8. The molecule has 2 heterocycles. The molecule has 2 aliphatic heterocycles. The summed E-state index contributed by atoms with van der Waals surface area (Å²) < 4.78 is 10.6. The van der Waals surface area contributed by atoms with E-state index in [4.69, 9.17) is 21.1 Å². The summed E-state index contributed by atoms with van der Waals surface area (Å²) in [6, 6.07) is 13.7. The van der Waals surface area contributed by atoms with Crippen molar-refractivity contribution in [3.8, 4) is 5.75 Å². The number of ether oxygens (including phenoxy) is 2. The second-order valence-corrected chi connectivity index (χ2v) is 9.32. The molecule has 10 heteroatoms. The lowest BCUT2D eigenvalue weighted by Gasteiger charge is -2.48. The zero-order valence-corrected chi connectivity index (χ0v) is 20.8. The van der Waals surface area contributed by atoms with Crippen LogP contribution in [0.15, 0.2) is 64.8 Å². The van der Waals surface area contributed by atoms with Gasteiger partial charge in [-0.05, 0) is 41.0 Å². The van der Waals surface area contributed by atoms with Gasteiger partial charge >= 0.3 is 5.97 Å². The summed E-state index contributed by atoms with van der Waals surface area (Å²) in [5, 5.41) is 2.40. The Kier molecular flexibility index (Phi) is 7.77. The molecule has 0 aliphatic carbocycles. The predicted octanol–water partition coefficient (Wildman–Crippen LogP) is 3.59. The molecule has 0 bridgehead atoms. The van der Waals surface area contributed by atoms with Crippen molar-refractivity contribution in [1.29, 1.82) is 0 Å². The van der Waals surface area contributed by atoms with Gasteiger partial charge in [0.1, 0.15) is 23.4 Å². The smallest absolute Gasteiger partial charge is 0.355 e. The van der Waals surface area contributed by atoms with Crippen LogP contribution in [0.2, 0.25) is 0 Å². The molecule has 2 atom stereocenters. The molecule has 0 saturated carbocycles. The van der Waals surface area contributed by atoms with E-state index in [1.165, 1.54) is 23.6 Å². The van der Waals surface area contributed by atoms with E-state index >= 15 is 0 Å². The molecule has 1 unspecified atom stereocenters. The maximum absolute atomic E-state index is 13.0. The summed E-state index contributed by atoms with van der Waals surface area (Å²) in [5.74, 6) is 0.357. The average molecular weight is 514 g/mol. The number of methoxy groups -OCH3 is 1. The molecule has 35 heavy (non-hydrogen) atoms. The van der Waals surface area contributed by atoms with E-state index < -0.39 is 12.0 Å². The summed E-state index contributed by atoms with van der Waals surface area (Å²) in [5.41, 5.74) is 3.16. The van der Waals surface area contributed by atoms with Gasteiger partial charge in [-0.25, -0.2) is 4.79 Å². The van der Waals surface area contributed by atoms with E-state index in [-0.39, 0.29) is 35.4 Å². The quantitative estimate of drug-likeness (QED) is 0.251. The number of benzene rings is 2. The van der Waals surface area contributed by atoms with Crippen LogP contribution in [0.5, 0.6) is 5.75 Å². The van der Waals surface area contributed by atoms with Gasteiger partial charge in [0.2, 0.25) is 5.91 Å². The third-order valence-corrected chi connectivity index (χ3v) is 7.17. The summed E-state index contributed by atoms with van der Waals surface area (Å²) in [7, 11) is 1.58. The molecule has 4 rings (SSSR count). The first-order valence-electron chi connectivity index (χ1n) is 10.8. The number of nitrogens with one attached hydrogen (secondary N) is 1. The third-order valence-electron chi connectivity index (χ3n) is 5.52. The van der Waals surface area contributed by atoms with Gasteiger partial charge in [0.15, 0.2) is 6.04 Å². The number of carbonyl (C=O) groups excluding carboxylic acids is 3. The summed E-state index contributed by atoms with van der Waals surface area (Å²) in [6.45, 7) is 1.51. The molecule has 1 fully saturated rings. The molecule has 1 N–H and O–H groups in total. The Labute approximate surface area is 212 Å². The largest absolute Gasteiger partial charge is 0.497 e. The highest BCUT2D eigenvalue weighted by molar-refractivity contribution is 8.00. The number of hydrogen-bond donors (Lipinski definition) is 1. The third kappa shape index (κ3) is 5.52. The first-order valence-corrected chi connectivity index (χ1v) is 12.4. The Morgan fingerprint density at radius 2 is 1.91 bits per heavy atom. The SMILES string of the molecule is COc1ccc(COC(=O)C2=C(CCl)CS[C@@H]3C(N=Cc4ccc(NC(C)=O)cc4)C(=O)N23)cc1. The number of halogens is 1. The van der Waals surface area contributed by atoms with Crippen molar-refractivity contribution in [2.75, 3.05) is 24.1 Å². The minimum atomic E-state index is -0.601. The number of thioether (sulfide) groups is 1. The Hall–Kier alpha value is -3.30. The molecular weight excluding hydrogens is 490 g/mol. The van der Waals surface area contributed by atoms with Gasteiger partial charge in [0, 0.05) is 30.5 Å². The Balaban J connectivity index is 1.42. The van der Waals surface area contributed by atoms with Crippen molar-refractivity contribution >= 4 is 53.0 Å². The van der Waals surface area contributed by atoms with Gasteiger partial charge in [0.25, 0.3) is 5.91 Å². The number of amides is 2. The van der Waals surface area contributed by atoms with Crippen LogP contribution in [0, 0.1) is 0 Å². The highest BCUT2D eigenvalue weighted by Crippen LogP contribution is 2.42. The number of β-lactam (4-membered cyclic amide) rings is 1. The van der Waals surface area contributed by atoms with Gasteiger partial charge in [-0.1, -0.05) is 24.3 Å². The number of aliphatic imine (C=N–C) groups is 1. The van der Waals surface area contributed by atoms with Crippen LogP contribution in [0.3, 0.4) is 0 Å². The molecule has 1 saturated heterocycles. The van der Waals surface area contributed by atoms with E-state index in [0.29, 0.717) is 22.8 Å². The number of anilines is 1. The number of nitrogens with zero attached hydrogens (tertiary/aromatic N) is 2. The summed E-state index contributed by atoms with van der Waals surface area (Å²) >= 11 is 7.61. The molecule has 2 aromatic carbocycles. The van der Waals surface area contributed by atoms with Gasteiger partial charge in [-0.15, -0.1) is 23.4 Å². The fourth-order valence-electron chi connectivity index (χ4n) is 3.72. The maximum Gasteiger partial charge on any atom is 0.355 e. The van der Waals surface area contributed by atoms with Crippen LogP contribution in [0.4, 0.5) is 5.69 Å². The number of alkyl halides is 1. The molecule has 0 radical (unpaired) electrons. The topological polar surface area (TPSA) is 97.3 Å². The normalized spacial score (nSPS) is 19.3. The van der Waals surface area contributed by atoms with Crippen molar-refractivity contribution < 1.29 is 23.9 Å². The Bertz CT molecular complexity index is 1180. The van der Waals surface area contributed by atoms with Gasteiger partial charge < -0.3 is 14.8 Å². The fourth-order valence-corrected chi connectivity index (χ4v) is 5.39.